The van der Waals surface area contributed by atoms with Gasteiger partial charge in [0.2, 0.25) is 0 Å². The van der Waals surface area contributed by atoms with E-state index in [4.69, 9.17) is 23.7 Å². The van der Waals surface area contributed by atoms with Gasteiger partial charge in [-0.1, -0.05) is 84.9 Å². The van der Waals surface area contributed by atoms with E-state index in [1.807, 2.05) is 36.4 Å². The smallest absolute Gasteiger partial charge is 0.338 e. The van der Waals surface area contributed by atoms with Crippen molar-refractivity contribution >= 4 is 22.7 Å². The van der Waals surface area contributed by atoms with Crippen LogP contribution in [0.2, 0.25) is 0 Å². The zero-order valence-electron chi connectivity index (χ0n) is 22.4. The zero-order valence-corrected chi connectivity index (χ0v) is 23.2. The Kier molecular flexibility index (Phi) is 8.52. The van der Waals surface area contributed by atoms with E-state index < -0.39 is 58.9 Å². The molecule has 2 saturated heterocycles. The van der Waals surface area contributed by atoms with E-state index in [0.29, 0.717) is 10.5 Å². The molecule has 0 aromatic heterocycles. The van der Waals surface area contributed by atoms with E-state index in [9.17, 15) is 13.8 Å². The van der Waals surface area contributed by atoms with E-state index in [1.54, 1.807) is 84.9 Å². The summed E-state index contributed by atoms with van der Waals surface area (Å²) < 4.78 is 44.8. The maximum absolute atomic E-state index is 14.0. The minimum Gasteiger partial charge on any atom is -0.452 e. The molecule has 1 unspecified atom stereocenters. The van der Waals surface area contributed by atoms with Gasteiger partial charge in [-0.15, -0.1) is 0 Å². The minimum absolute atomic E-state index is 0.0749. The third-order valence-corrected chi connectivity index (χ3v) is 8.59. The van der Waals surface area contributed by atoms with Crippen molar-refractivity contribution in [3.8, 4) is 0 Å². The second-order valence-corrected chi connectivity index (χ2v) is 11.3. The first kappa shape index (κ1) is 28.0. The number of fused-ring (bicyclic) bond motifs is 1. The third-order valence-electron chi connectivity index (χ3n) is 7.05. The van der Waals surface area contributed by atoms with Crippen LogP contribution >= 0.6 is 0 Å². The van der Waals surface area contributed by atoms with Crippen LogP contribution in [-0.4, -0.2) is 52.6 Å². The zero-order chi connectivity index (χ0) is 28.9. The Morgan fingerprint density at radius 3 is 1.71 bits per heavy atom. The molecule has 214 valence electrons. The van der Waals surface area contributed by atoms with Crippen molar-refractivity contribution < 1.29 is 37.5 Å². The number of hydrogen-bond acceptors (Lipinski definition) is 8. The van der Waals surface area contributed by atoms with Gasteiger partial charge in [-0.05, 0) is 36.4 Å². The predicted octanol–water partition coefficient (Wildman–Crippen LogP) is 5.08. The molecule has 42 heavy (non-hydrogen) atoms. The lowest BCUT2D eigenvalue weighted by molar-refractivity contribution is -0.317. The molecule has 0 amide bonds. The molecular formula is C33H28O8S. The number of benzene rings is 4. The molecule has 8 nitrogen and oxygen atoms in total. The van der Waals surface area contributed by atoms with Gasteiger partial charge in [-0.25, -0.2) is 9.59 Å². The SMILES string of the molecule is O=C(O[C@@H]1[C@@H](OC(=O)c2ccccc2)[C@H](S(=O)c2ccccc2)O[C@@H]2CO[C@@H](c3ccccc3)O[C@@H]12)c1ccccc1. The summed E-state index contributed by atoms with van der Waals surface area (Å²) in [6.07, 6.45) is -4.88. The Balaban J connectivity index is 1.39. The van der Waals surface area contributed by atoms with Crippen molar-refractivity contribution in [2.45, 2.75) is 41.0 Å². The van der Waals surface area contributed by atoms with Crippen LogP contribution in [0.15, 0.2) is 126 Å². The Bertz CT molecular complexity index is 1520. The number of ether oxygens (including phenoxy) is 5. The molecule has 4 aromatic carbocycles. The van der Waals surface area contributed by atoms with Crippen molar-refractivity contribution in [3.63, 3.8) is 0 Å². The standard InChI is InChI=1S/C33H28O8S/c34-30(22-13-5-1-6-14-22)39-28-27-26(21-37-32(41-27)24-17-9-3-10-18-24)38-33(42(36)25-19-11-4-12-20-25)29(28)40-31(35)23-15-7-2-8-16-23/h1-20,26-29,32-33H,21H2/t26-,27-,28+,29-,32-,33+,42?/m1/s1. The fourth-order valence-corrected chi connectivity index (χ4v) is 6.37. The first-order valence-electron chi connectivity index (χ1n) is 13.5. The lowest BCUT2D eigenvalue weighted by Gasteiger charge is -2.48. The summed E-state index contributed by atoms with van der Waals surface area (Å²) in [4.78, 5) is 27.3. The van der Waals surface area contributed by atoms with Crippen LogP contribution in [0.3, 0.4) is 0 Å². The molecule has 0 N–H and O–H groups in total. The highest BCUT2D eigenvalue weighted by Gasteiger charge is 2.55. The highest BCUT2D eigenvalue weighted by atomic mass is 32.2. The van der Waals surface area contributed by atoms with E-state index in [0.717, 1.165) is 5.56 Å². The van der Waals surface area contributed by atoms with Gasteiger partial charge in [-0.3, -0.25) is 4.21 Å². The summed E-state index contributed by atoms with van der Waals surface area (Å²) in [7, 11) is -1.81. The monoisotopic (exact) mass is 584 g/mol. The van der Waals surface area contributed by atoms with Crippen LogP contribution in [0.25, 0.3) is 0 Å². The Morgan fingerprint density at radius 2 is 1.14 bits per heavy atom. The van der Waals surface area contributed by atoms with Gasteiger partial charge in [0, 0.05) is 10.5 Å². The highest BCUT2D eigenvalue weighted by molar-refractivity contribution is 7.85. The molecule has 6 rings (SSSR count). The Hall–Kier alpha value is -4.15. The van der Waals surface area contributed by atoms with Gasteiger partial charge in [0.1, 0.15) is 12.2 Å². The average Bonchev–Trinajstić information content (AvgIpc) is 3.06. The van der Waals surface area contributed by atoms with Gasteiger partial charge in [0.25, 0.3) is 0 Å². The molecule has 2 aliphatic heterocycles. The summed E-state index contributed by atoms with van der Waals surface area (Å²) >= 11 is 0. The number of carbonyl (C=O) groups excluding carboxylic acids is 2. The van der Waals surface area contributed by atoms with Crippen molar-refractivity contribution in [1.82, 2.24) is 0 Å². The second-order valence-electron chi connectivity index (χ2n) is 9.80. The normalized spacial score (nSPS) is 25.9. The lowest BCUT2D eigenvalue weighted by Crippen LogP contribution is -2.64. The Morgan fingerprint density at radius 1 is 0.643 bits per heavy atom. The van der Waals surface area contributed by atoms with Crippen molar-refractivity contribution in [3.05, 3.63) is 138 Å². The predicted molar refractivity (Wildman–Crippen MR) is 153 cm³/mol. The maximum atomic E-state index is 14.0. The number of rotatable bonds is 7. The molecule has 0 spiro atoms. The molecule has 0 aliphatic carbocycles. The van der Waals surface area contributed by atoms with Crippen molar-refractivity contribution in [2.24, 2.45) is 0 Å². The average molecular weight is 585 g/mol. The summed E-state index contributed by atoms with van der Waals surface area (Å²) in [5.74, 6) is -1.32. The van der Waals surface area contributed by atoms with Crippen LogP contribution in [0.5, 0.6) is 0 Å². The molecule has 0 bridgehead atoms. The molecule has 0 saturated carbocycles. The van der Waals surface area contributed by atoms with Crippen LogP contribution in [0.1, 0.15) is 32.6 Å². The maximum Gasteiger partial charge on any atom is 0.338 e. The van der Waals surface area contributed by atoms with E-state index in [-0.39, 0.29) is 12.2 Å². The molecule has 9 heteroatoms. The number of carbonyl (C=O) groups is 2. The molecule has 0 radical (unpaired) electrons. The fraction of sp³-hybridized carbons (Fsp3) is 0.212. The number of hydrogen-bond donors (Lipinski definition) is 0. The first-order valence-corrected chi connectivity index (χ1v) is 14.7. The van der Waals surface area contributed by atoms with Gasteiger partial charge < -0.3 is 23.7 Å². The molecule has 2 heterocycles. The summed E-state index contributed by atoms with van der Waals surface area (Å²) in [6.45, 7) is 0.0749. The second kappa shape index (κ2) is 12.8. The van der Waals surface area contributed by atoms with Gasteiger partial charge >= 0.3 is 11.9 Å². The van der Waals surface area contributed by atoms with E-state index in [1.165, 1.54) is 0 Å². The quantitative estimate of drug-likeness (QED) is 0.278. The van der Waals surface area contributed by atoms with Crippen LogP contribution < -0.4 is 0 Å². The minimum atomic E-state index is -1.81. The van der Waals surface area contributed by atoms with E-state index >= 15 is 0 Å². The summed E-state index contributed by atoms with van der Waals surface area (Å²) in [5.41, 5.74) is 0.167. The largest absolute Gasteiger partial charge is 0.452 e. The van der Waals surface area contributed by atoms with Crippen molar-refractivity contribution in [2.75, 3.05) is 6.61 Å². The van der Waals surface area contributed by atoms with E-state index in [2.05, 4.69) is 0 Å². The van der Waals surface area contributed by atoms with Gasteiger partial charge in [-0.2, -0.15) is 0 Å². The molecular weight excluding hydrogens is 556 g/mol. The molecule has 4 aromatic rings. The summed E-state index contributed by atoms with van der Waals surface area (Å²) in [5, 5.41) is 0. The molecule has 7 atom stereocenters. The van der Waals surface area contributed by atoms with Crippen LogP contribution in [0.4, 0.5) is 0 Å². The highest BCUT2D eigenvalue weighted by Crippen LogP contribution is 2.38. The lowest BCUT2D eigenvalue weighted by atomic mass is 9.98. The van der Waals surface area contributed by atoms with Crippen molar-refractivity contribution in [1.29, 1.82) is 0 Å². The topological polar surface area (TPSA) is 97.4 Å². The fourth-order valence-electron chi connectivity index (χ4n) is 4.98. The number of esters is 2. The first-order chi connectivity index (χ1) is 20.6. The van der Waals surface area contributed by atoms with Gasteiger partial charge in [0.15, 0.2) is 23.9 Å². The molecule has 2 fully saturated rings. The Labute approximate surface area is 245 Å². The van der Waals surface area contributed by atoms with Crippen LogP contribution in [-0.2, 0) is 34.5 Å². The summed E-state index contributed by atoms with van der Waals surface area (Å²) in [6, 6.07) is 35.0. The van der Waals surface area contributed by atoms with Gasteiger partial charge in [0.05, 0.1) is 28.5 Å². The van der Waals surface area contributed by atoms with Crippen LogP contribution in [0, 0.1) is 0 Å². The molecule has 2 aliphatic rings. The third kappa shape index (κ3) is 6.05.